The summed E-state index contributed by atoms with van der Waals surface area (Å²) in [6, 6.07) is 18.0. The van der Waals surface area contributed by atoms with Gasteiger partial charge in [-0.3, -0.25) is 9.59 Å². The number of carbonyl (C=O) groups is 2. The molecule has 4 aromatic rings. The summed E-state index contributed by atoms with van der Waals surface area (Å²) in [5.41, 5.74) is 2.74. The van der Waals surface area contributed by atoms with E-state index in [1.54, 1.807) is 48.4 Å². The largest absolute Gasteiger partial charge is 0.486 e. The first-order chi connectivity index (χ1) is 18.5. The molecule has 0 fully saturated rings. The predicted molar refractivity (Wildman–Crippen MR) is 135 cm³/mol. The molecule has 0 radical (unpaired) electrons. The smallest absolute Gasteiger partial charge is 0.290 e. The maximum atomic E-state index is 13.7. The van der Waals surface area contributed by atoms with Crippen molar-refractivity contribution >= 4 is 11.8 Å². The minimum Gasteiger partial charge on any atom is -0.486 e. The van der Waals surface area contributed by atoms with Crippen molar-refractivity contribution in [3.05, 3.63) is 113 Å². The van der Waals surface area contributed by atoms with Crippen LogP contribution in [0.1, 0.15) is 49.6 Å². The van der Waals surface area contributed by atoms with Crippen LogP contribution in [-0.4, -0.2) is 43.5 Å². The lowest BCUT2D eigenvalue weighted by Gasteiger charge is -2.37. The highest BCUT2D eigenvalue weighted by Crippen LogP contribution is 2.38. The van der Waals surface area contributed by atoms with Crippen LogP contribution in [0.2, 0.25) is 0 Å². The molecule has 2 aromatic carbocycles. The highest BCUT2D eigenvalue weighted by atomic mass is 19.1. The molecule has 1 N–H and O–H groups in total. The van der Waals surface area contributed by atoms with E-state index in [4.69, 9.17) is 18.3 Å². The zero-order chi connectivity index (χ0) is 26.5. The SMILES string of the molecule is COCCNC(=O)c1ccc(COc2ccc3c(c2)C(c2ccc(F)cc2)N(C(=O)c2ccco2)CC3)o1. The van der Waals surface area contributed by atoms with Gasteiger partial charge in [-0.1, -0.05) is 18.2 Å². The van der Waals surface area contributed by atoms with Crippen LogP contribution >= 0.6 is 0 Å². The van der Waals surface area contributed by atoms with Crippen LogP contribution in [0.3, 0.4) is 0 Å². The van der Waals surface area contributed by atoms with Gasteiger partial charge in [0, 0.05) is 20.2 Å². The minimum atomic E-state index is -0.452. The molecular weight excluding hydrogens is 491 g/mol. The standard InChI is InChI=1S/C29H27FN2O6/c1-35-16-13-31-28(33)25-11-10-23(38-25)18-37-22-9-6-19-12-14-32(29(34)26-3-2-15-36-26)27(24(19)17-22)20-4-7-21(30)8-5-20/h2-11,15,17,27H,12-14,16,18H2,1H3,(H,31,33). The van der Waals surface area contributed by atoms with Crippen LogP contribution in [0.25, 0.3) is 0 Å². The fraction of sp³-hybridized carbons (Fsp3) is 0.241. The van der Waals surface area contributed by atoms with E-state index >= 15 is 0 Å². The normalized spacial score (nSPS) is 14.7. The molecular formula is C29H27FN2O6. The number of nitrogens with one attached hydrogen (secondary N) is 1. The average molecular weight is 519 g/mol. The van der Waals surface area contributed by atoms with Gasteiger partial charge in [0.15, 0.2) is 11.5 Å². The molecule has 8 nitrogen and oxygen atoms in total. The molecule has 1 aliphatic rings. The second kappa shape index (κ2) is 11.4. The maximum Gasteiger partial charge on any atom is 0.290 e. The Morgan fingerprint density at radius 2 is 1.92 bits per heavy atom. The van der Waals surface area contributed by atoms with Crippen molar-refractivity contribution in [1.29, 1.82) is 0 Å². The van der Waals surface area contributed by atoms with E-state index < -0.39 is 6.04 Å². The molecule has 1 aliphatic heterocycles. The number of methoxy groups -OCH3 is 1. The Bertz CT molecular complexity index is 1400. The second-order valence-electron chi connectivity index (χ2n) is 8.84. The molecule has 3 heterocycles. The number of furan rings is 2. The van der Waals surface area contributed by atoms with Gasteiger partial charge in [-0.15, -0.1) is 0 Å². The number of benzene rings is 2. The number of ether oxygens (including phenoxy) is 2. The molecule has 0 saturated heterocycles. The second-order valence-corrected chi connectivity index (χ2v) is 8.84. The van der Waals surface area contributed by atoms with E-state index in [0.717, 1.165) is 16.7 Å². The van der Waals surface area contributed by atoms with Gasteiger partial charge >= 0.3 is 0 Å². The quantitative estimate of drug-likeness (QED) is 0.321. The Labute approximate surface area is 218 Å². The number of halogens is 1. The molecule has 38 heavy (non-hydrogen) atoms. The molecule has 1 atom stereocenters. The number of hydrogen-bond acceptors (Lipinski definition) is 6. The fourth-order valence-electron chi connectivity index (χ4n) is 4.53. The molecule has 2 aromatic heterocycles. The van der Waals surface area contributed by atoms with E-state index in [0.29, 0.717) is 37.6 Å². The van der Waals surface area contributed by atoms with Crippen molar-refractivity contribution < 1.29 is 32.3 Å². The van der Waals surface area contributed by atoms with Gasteiger partial charge in [0.05, 0.1) is 18.9 Å². The highest BCUT2D eigenvalue weighted by Gasteiger charge is 2.34. The third-order valence-corrected chi connectivity index (χ3v) is 6.38. The zero-order valence-corrected chi connectivity index (χ0v) is 20.8. The first-order valence-electron chi connectivity index (χ1n) is 12.2. The lowest BCUT2D eigenvalue weighted by atomic mass is 9.87. The monoisotopic (exact) mass is 518 g/mol. The molecule has 0 saturated carbocycles. The Hall–Kier alpha value is -4.37. The lowest BCUT2D eigenvalue weighted by Crippen LogP contribution is -2.40. The molecule has 9 heteroatoms. The molecule has 0 aliphatic carbocycles. The van der Waals surface area contributed by atoms with E-state index in [9.17, 15) is 14.0 Å². The number of nitrogens with zero attached hydrogens (tertiary/aromatic N) is 1. The summed E-state index contributed by atoms with van der Waals surface area (Å²) in [5, 5.41) is 2.71. The van der Waals surface area contributed by atoms with Crippen molar-refractivity contribution in [3.8, 4) is 5.75 Å². The summed E-state index contributed by atoms with van der Waals surface area (Å²) in [6.07, 6.45) is 2.12. The number of amides is 2. The van der Waals surface area contributed by atoms with Crippen molar-refractivity contribution in [1.82, 2.24) is 10.2 Å². The first kappa shape index (κ1) is 25.3. The Morgan fingerprint density at radius 3 is 2.68 bits per heavy atom. The van der Waals surface area contributed by atoms with Gasteiger partial charge in [0.25, 0.3) is 11.8 Å². The molecule has 196 valence electrons. The Morgan fingerprint density at radius 1 is 1.08 bits per heavy atom. The van der Waals surface area contributed by atoms with E-state index in [-0.39, 0.29) is 35.8 Å². The van der Waals surface area contributed by atoms with Crippen LogP contribution in [-0.2, 0) is 17.8 Å². The fourth-order valence-corrected chi connectivity index (χ4v) is 4.53. The average Bonchev–Trinajstić information content (AvgIpc) is 3.64. The summed E-state index contributed by atoms with van der Waals surface area (Å²) in [4.78, 5) is 27.2. The van der Waals surface area contributed by atoms with E-state index in [1.807, 2.05) is 18.2 Å². The molecule has 2 amide bonds. The highest BCUT2D eigenvalue weighted by molar-refractivity contribution is 5.92. The van der Waals surface area contributed by atoms with Gasteiger partial charge in [0.1, 0.15) is 23.9 Å². The predicted octanol–water partition coefficient (Wildman–Crippen LogP) is 4.75. The summed E-state index contributed by atoms with van der Waals surface area (Å²) in [6.45, 7) is 1.38. The summed E-state index contributed by atoms with van der Waals surface area (Å²) < 4.78 is 35.7. The summed E-state index contributed by atoms with van der Waals surface area (Å²) in [5.74, 6) is 0.575. The number of carbonyl (C=O) groups excluding carboxylic acids is 2. The lowest BCUT2D eigenvalue weighted by molar-refractivity contribution is 0.0661. The van der Waals surface area contributed by atoms with Gasteiger partial charge in [0.2, 0.25) is 0 Å². The van der Waals surface area contributed by atoms with Crippen LogP contribution in [0.15, 0.2) is 81.8 Å². The van der Waals surface area contributed by atoms with Crippen molar-refractivity contribution in [2.75, 3.05) is 26.8 Å². The topological polar surface area (TPSA) is 94.2 Å². The summed E-state index contributed by atoms with van der Waals surface area (Å²) in [7, 11) is 1.56. The van der Waals surface area contributed by atoms with Crippen LogP contribution in [0.4, 0.5) is 4.39 Å². The number of rotatable bonds is 9. The molecule has 1 unspecified atom stereocenters. The van der Waals surface area contributed by atoms with Gasteiger partial charge in [-0.25, -0.2) is 4.39 Å². The third-order valence-electron chi connectivity index (χ3n) is 6.38. The van der Waals surface area contributed by atoms with Gasteiger partial charge in [-0.05, 0) is 71.6 Å². The Kier molecular flexibility index (Phi) is 7.55. The van der Waals surface area contributed by atoms with Gasteiger partial charge < -0.3 is 28.5 Å². The minimum absolute atomic E-state index is 0.112. The Balaban J connectivity index is 1.37. The third kappa shape index (κ3) is 5.47. The van der Waals surface area contributed by atoms with Gasteiger partial charge in [-0.2, -0.15) is 0 Å². The zero-order valence-electron chi connectivity index (χ0n) is 20.8. The molecule has 5 rings (SSSR count). The van der Waals surface area contributed by atoms with Crippen molar-refractivity contribution in [2.45, 2.75) is 19.1 Å². The molecule has 0 spiro atoms. The number of fused-ring (bicyclic) bond motifs is 1. The molecule has 0 bridgehead atoms. The first-order valence-corrected chi connectivity index (χ1v) is 12.2. The number of hydrogen-bond donors (Lipinski definition) is 1. The van der Waals surface area contributed by atoms with Crippen molar-refractivity contribution in [2.24, 2.45) is 0 Å². The van der Waals surface area contributed by atoms with E-state index in [1.165, 1.54) is 18.4 Å². The van der Waals surface area contributed by atoms with Crippen LogP contribution in [0.5, 0.6) is 5.75 Å². The summed E-state index contributed by atoms with van der Waals surface area (Å²) >= 11 is 0. The van der Waals surface area contributed by atoms with Crippen molar-refractivity contribution in [3.63, 3.8) is 0 Å². The van der Waals surface area contributed by atoms with Crippen LogP contribution in [0, 0.1) is 5.82 Å². The van der Waals surface area contributed by atoms with E-state index in [2.05, 4.69) is 5.32 Å². The van der Waals surface area contributed by atoms with Crippen LogP contribution < -0.4 is 10.1 Å². The maximum absolute atomic E-state index is 13.7.